The SMILES string of the molecule is COC(=O)[C@@H]1Cc2ccc(OC)c(c2)-c2cc(ccc2OC)[C@H](N(C)C(=O)[C@H](CCNC(=O)OC(C)(C)C)CC(=O)c2ccc(-c3ccc(Cl)cc3)cc2)C(=O)C[C@@H](C)C(=O)N1. The van der Waals surface area contributed by atoms with E-state index in [1.807, 2.05) is 30.3 Å². The van der Waals surface area contributed by atoms with Gasteiger partial charge in [0.2, 0.25) is 11.8 Å². The third-order valence-electron chi connectivity index (χ3n) is 10.7. The van der Waals surface area contributed by atoms with E-state index in [1.165, 1.54) is 33.3 Å². The first-order valence-electron chi connectivity index (χ1n) is 20.3. The molecule has 328 valence electrons. The Balaban J connectivity index is 1.55. The fourth-order valence-corrected chi connectivity index (χ4v) is 7.56. The van der Waals surface area contributed by atoms with Gasteiger partial charge in [-0.25, -0.2) is 9.59 Å². The second-order valence-electron chi connectivity index (χ2n) is 16.3. The van der Waals surface area contributed by atoms with Crippen LogP contribution < -0.4 is 20.1 Å². The van der Waals surface area contributed by atoms with Crippen molar-refractivity contribution in [3.05, 3.63) is 107 Å². The molecule has 4 bridgehead atoms. The molecule has 2 N–H and O–H groups in total. The summed E-state index contributed by atoms with van der Waals surface area (Å²) >= 11 is 6.07. The molecule has 0 aliphatic carbocycles. The molecule has 14 heteroatoms. The number of carbonyl (C=O) groups excluding carboxylic acids is 6. The van der Waals surface area contributed by atoms with Gasteiger partial charge in [-0.3, -0.25) is 19.2 Å². The van der Waals surface area contributed by atoms with E-state index in [-0.39, 0.29) is 38.0 Å². The van der Waals surface area contributed by atoms with E-state index in [1.54, 1.807) is 82.3 Å². The number of methoxy groups -OCH3 is 3. The number of benzene rings is 4. The van der Waals surface area contributed by atoms with Gasteiger partial charge in [0.15, 0.2) is 11.6 Å². The predicted octanol–water partition coefficient (Wildman–Crippen LogP) is 7.80. The van der Waals surface area contributed by atoms with E-state index < -0.39 is 59.2 Å². The average Bonchev–Trinajstić information content (AvgIpc) is 3.24. The van der Waals surface area contributed by atoms with E-state index in [0.29, 0.717) is 44.3 Å². The molecular weight excluding hydrogens is 814 g/mol. The van der Waals surface area contributed by atoms with E-state index in [2.05, 4.69) is 10.6 Å². The number of likely N-dealkylation sites (N-methyl/N-ethyl adjacent to an activating group) is 1. The fraction of sp³-hybridized carbons (Fsp3) is 0.375. The Morgan fingerprint density at radius 1 is 0.839 bits per heavy atom. The minimum atomic E-state index is -1.24. The second kappa shape index (κ2) is 20.6. The number of nitrogens with zero attached hydrogens (tertiary/aromatic N) is 1. The van der Waals surface area contributed by atoms with Crippen molar-refractivity contribution in [3.8, 4) is 33.8 Å². The lowest BCUT2D eigenvalue weighted by atomic mass is 9.88. The highest BCUT2D eigenvalue weighted by Gasteiger charge is 2.36. The van der Waals surface area contributed by atoms with E-state index in [0.717, 1.165) is 11.1 Å². The van der Waals surface area contributed by atoms with Crippen LogP contribution in [0.1, 0.15) is 74.5 Å². The smallest absolute Gasteiger partial charge is 0.407 e. The molecule has 0 spiro atoms. The molecule has 62 heavy (non-hydrogen) atoms. The zero-order valence-electron chi connectivity index (χ0n) is 36.3. The first-order valence-corrected chi connectivity index (χ1v) is 20.7. The topological polar surface area (TPSA) is 167 Å². The number of nitrogens with one attached hydrogen (secondary N) is 2. The molecule has 1 aliphatic rings. The Bertz CT molecular complexity index is 2290. The average molecular weight is 868 g/mol. The molecule has 0 fully saturated rings. The summed E-state index contributed by atoms with van der Waals surface area (Å²) in [4.78, 5) is 83.9. The number of halogens is 1. The number of ketones is 2. The monoisotopic (exact) mass is 867 g/mol. The van der Waals surface area contributed by atoms with Crippen LogP contribution >= 0.6 is 11.6 Å². The van der Waals surface area contributed by atoms with Gasteiger partial charge in [0.05, 0.1) is 21.3 Å². The van der Waals surface area contributed by atoms with Crippen molar-refractivity contribution in [2.45, 2.75) is 71.1 Å². The summed E-state index contributed by atoms with van der Waals surface area (Å²) < 4.78 is 22.0. The Labute approximate surface area is 367 Å². The third kappa shape index (κ3) is 11.8. The molecule has 1 heterocycles. The number of fused-ring (bicyclic) bond motifs is 5. The quantitative estimate of drug-likeness (QED) is 0.106. The number of carbonyl (C=O) groups is 6. The fourth-order valence-electron chi connectivity index (χ4n) is 7.44. The van der Waals surface area contributed by atoms with Gasteiger partial charge in [-0.2, -0.15) is 0 Å². The highest BCUT2D eigenvalue weighted by molar-refractivity contribution is 6.30. The van der Waals surface area contributed by atoms with Gasteiger partial charge in [0.25, 0.3) is 0 Å². The van der Waals surface area contributed by atoms with Crippen LogP contribution in [0.15, 0.2) is 84.9 Å². The standard InChI is InChI=1S/C48H54ClN3O10/c1-28-23-40(54)43(33-16-20-42(60-7)37(26-33)36-24-29(9-19-41(36)59-6)25-38(46(57)61-8)51-44(28)55)52(5)45(56)34(21-22-50-47(58)62-48(2,3)4)27-39(53)32-12-10-30(11-13-32)31-14-17-35(49)18-15-31/h9-20,24,26,28,34,38,43H,21-23,25,27H2,1-8H3,(H,50,58)(H,51,55)/t28-,34-,38+,43+/m1/s1. The van der Waals surface area contributed by atoms with Gasteiger partial charge >= 0.3 is 12.1 Å². The lowest BCUT2D eigenvalue weighted by Gasteiger charge is -2.32. The van der Waals surface area contributed by atoms with Crippen molar-refractivity contribution in [1.29, 1.82) is 0 Å². The van der Waals surface area contributed by atoms with Crippen molar-refractivity contribution in [1.82, 2.24) is 15.5 Å². The summed E-state index contributed by atoms with van der Waals surface area (Å²) in [6.45, 7) is 6.75. The van der Waals surface area contributed by atoms with E-state index in [4.69, 9.17) is 30.5 Å². The van der Waals surface area contributed by atoms with Crippen molar-refractivity contribution in [3.63, 3.8) is 0 Å². The second-order valence-corrected chi connectivity index (χ2v) is 16.8. The molecule has 0 radical (unpaired) electrons. The number of hydrogen-bond acceptors (Lipinski definition) is 10. The van der Waals surface area contributed by atoms with E-state index in [9.17, 15) is 28.8 Å². The number of amides is 3. The number of Topliss-reactive ketones (excluding diaryl/α,β-unsaturated/α-hetero) is 2. The van der Waals surface area contributed by atoms with Crippen LogP contribution in [0.5, 0.6) is 11.5 Å². The maximum Gasteiger partial charge on any atom is 0.407 e. The van der Waals surface area contributed by atoms with Crippen LogP contribution in [0.3, 0.4) is 0 Å². The Morgan fingerprint density at radius 3 is 2.03 bits per heavy atom. The molecule has 13 nitrogen and oxygen atoms in total. The predicted molar refractivity (Wildman–Crippen MR) is 235 cm³/mol. The highest BCUT2D eigenvalue weighted by Crippen LogP contribution is 2.40. The first kappa shape index (κ1) is 46.8. The van der Waals surface area contributed by atoms with Crippen molar-refractivity contribution in [2.24, 2.45) is 11.8 Å². The molecule has 0 saturated heterocycles. The molecule has 3 amide bonds. The molecule has 0 saturated carbocycles. The number of alkyl carbamates (subject to hydrolysis) is 1. The molecular formula is C48H54ClN3O10. The van der Waals surface area contributed by atoms with Crippen molar-refractivity contribution < 1.29 is 47.7 Å². The van der Waals surface area contributed by atoms with Gasteiger partial charge in [-0.05, 0) is 85.8 Å². The number of hydrogen-bond donors (Lipinski definition) is 2. The lowest BCUT2D eigenvalue weighted by molar-refractivity contribution is -0.146. The normalized spacial score (nSPS) is 17.1. The molecule has 4 atom stereocenters. The van der Waals surface area contributed by atoms with Crippen LogP contribution in [0.2, 0.25) is 5.02 Å². The van der Waals surface area contributed by atoms with Gasteiger partial charge in [-0.15, -0.1) is 0 Å². The molecule has 0 unspecified atom stereocenters. The Kier molecular flexibility index (Phi) is 15.5. The highest BCUT2D eigenvalue weighted by atomic mass is 35.5. The largest absolute Gasteiger partial charge is 0.496 e. The minimum absolute atomic E-state index is 0.0120. The van der Waals surface area contributed by atoms with Crippen LogP contribution in [-0.2, 0) is 35.1 Å². The van der Waals surface area contributed by atoms with E-state index >= 15 is 0 Å². The van der Waals surface area contributed by atoms with Crippen LogP contribution in [-0.4, -0.2) is 86.9 Å². The number of esters is 1. The molecule has 5 rings (SSSR count). The first-order chi connectivity index (χ1) is 29.4. The molecule has 0 aromatic heterocycles. The van der Waals surface area contributed by atoms with Crippen LogP contribution in [0.25, 0.3) is 22.3 Å². The Hall–Kier alpha value is -6.21. The number of rotatable bonds is 12. The summed E-state index contributed by atoms with van der Waals surface area (Å²) in [5.41, 5.74) is 3.60. The molecule has 4 aromatic rings. The van der Waals surface area contributed by atoms with Gasteiger partial charge in [-0.1, -0.05) is 67.1 Å². The third-order valence-corrected chi connectivity index (χ3v) is 10.9. The van der Waals surface area contributed by atoms with Crippen molar-refractivity contribution >= 4 is 47.0 Å². The molecule has 4 aromatic carbocycles. The Morgan fingerprint density at radius 2 is 1.44 bits per heavy atom. The van der Waals surface area contributed by atoms with Gasteiger partial charge in [0.1, 0.15) is 29.2 Å². The zero-order valence-corrected chi connectivity index (χ0v) is 37.1. The minimum Gasteiger partial charge on any atom is -0.496 e. The summed E-state index contributed by atoms with van der Waals surface area (Å²) in [6, 6.07) is 22.4. The summed E-state index contributed by atoms with van der Waals surface area (Å²) in [5, 5.41) is 6.04. The summed E-state index contributed by atoms with van der Waals surface area (Å²) in [7, 11) is 5.73. The maximum absolute atomic E-state index is 14.9. The molecule has 1 aliphatic heterocycles. The van der Waals surface area contributed by atoms with Crippen LogP contribution in [0, 0.1) is 11.8 Å². The summed E-state index contributed by atoms with van der Waals surface area (Å²) in [6.07, 6.45) is -1.11. The van der Waals surface area contributed by atoms with Gasteiger partial charge in [0, 0.05) is 66.4 Å². The lowest BCUT2D eigenvalue weighted by Crippen LogP contribution is -2.46. The van der Waals surface area contributed by atoms with Crippen molar-refractivity contribution in [2.75, 3.05) is 34.9 Å². The van der Waals surface area contributed by atoms with Gasteiger partial charge < -0.3 is 34.5 Å². The van der Waals surface area contributed by atoms with Crippen LogP contribution in [0.4, 0.5) is 4.79 Å². The summed E-state index contributed by atoms with van der Waals surface area (Å²) in [5.74, 6) is -3.56. The zero-order chi connectivity index (χ0) is 45.3. The number of ether oxygens (including phenoxy) is 4. The maximum atomic E-state index is 14.9.